The molecule has 2 heterocycles. The van der Waals surface area contributed by atoms with Gasteiger partial charge in [-0.25, -0.2) is 4.79 Å². The molecule has 0 radical (unpaired) electrons. The number of aliphatic hydroxyl groups excluding tert-OH is 4. The van der Waals surface area contributed by atoms with E-state index in [2.05, 4.69) is 10.1 Å². The zero-order valence-electron chi connectivity index (χ0n) is 17.7. The van der Waals surface area contributed by atoms with Crippen LogP contribution in [0.4, 0.5) is 0 Å². The standard InChI is InChI=1S/C21H26N2O10/c1-32-16(26)7-12(21(30)31)22-15(25)6-10-8-23(13-5-3-2-4-11(10)13)20-19(29)18(28)17(27)14(9-24)33-20/h2-5,8,12,14,17-20,24,27-29H,6-7,9H2,1H3,(H,22,25)(H,30,31)/t12?,14-,17-,18+,19-,20-/m1/s1. The number of rotatable bonds is 8. The molecular weight excluding hydrogens is 440 g/mol. The van der Waals surface area contributed by atoms with Crippen molar-refractivity contribution in [3.05, 3.63) is 36.0 Å². The lowest BCUT2D eigenvalue weighted by Gasteiger charge is -2.40. The van der Waals surface area contributed by atoms with Crippen molar-refractivity contribution in [1.82, 2.24) is 9.88 Å². The predicted octanol–water partition coefficient (Wildman–Crippen LogP) is -1.71. The molecular formula is C21H26N2O10. The van der Waals surface area contributed by atoms with Gasteiger partial charge in [0, 0.05) is 11.6 Å². The van der Waals surface area contributed by atoms with Gasteiger partial charge in [0.2, 0.25) is 5.91 Å². The van der Waals surface area contributed by atoms with Crippen molar-refractivity contribution in [1.29, 1.82) is 0 Å². The smallest absolute Gasteiger partial charge is 0.326 e. The second-order valence-electron chi connectivity index (χ2n) is 7.71. The van der Waals surface area contributed by atoms with Crippen LogP contribution in [0.5, 0.6) is 0 Å². The minimum absolute atomic E-state index is 0.254. The van der Waals surface area contributed by atoms with E-state index < -0.39 is 67.6 Å². The summed E-state index contributed by atoms with van der Waals surface area (Å²) in [5, 5.41) is 52.3. The molecule has 1 fully saturated rings. The van der Waals surface area contributed by atoms with Crippen LogP contribution in [0.2, 0.25) is 0 Å². The molecule has 0 bridgehead atoms. The summed E-state index contributed by atoms with van der Waals surface area (Å²) in [4.78, 5) is 35.4. The predicted molar refractivity (Wildman–Crippen MR) is 111 cm³/mol. The molecule has 0 aliphatic carbocycles. The number of aliphatic carboxylic acids is 1. The third-order valence-electron chi connectivity index (χ3n) is 5.55. The fourth-order valence-corrected chi connectivity index (χ4v) is 3.81. The summed E-state index contributed by atoms with van der Waals surface area (Å²) >= 11 is 0. The molecule has 12 heteroatoms. The van der Waals surface area contributed by atoms with Gasteiger partial charge in [0.1, 0.15) is 30.5 Å². The summed E-state index contributed by atoms with van der Waals surface area (Å²) < 4.78 is 11.5. The average Bonchev–Trinajstić information content (AvgIpc) is 3.15. The van der Waals surface area contributed by atoms with E-state index in [1.165, 1.54) is 10.8 Å². The Labute approximate surface area is 188 Å². The number of carbonyl (C=O) groups excluding carboxylic acids is 2. The molecule has 2 aromatic rings. The number of carboxylic acids is 1. The van der Waals surface area contributed by atoms with Gasteiger partial charge < -0.3 is 44.9 Å². The maximum absolute atomic E-state index is 12.6. The molecule has 0 saturated carbocycles. The van der Waals surface area contributed by atoms with Gasteiger partial charge in [0.25, 0.3) is 0 Å². The van der Waals surface area contributed by atoms with E-state index in [1.54, 1.807) is 24.3 Å². The van der Waals surface area contributed by atoms with E-state index in [-0.39, 0.29) is 6.42 Å². The third kappa shape index (κ3) is 5.15. The number of amides is 1. The first-order valence-electron chi connectivity index (χ1n) is 10.2. The number of para-hydroxylation sites is 1. The van der Waals surface area contributed by atoms with Crippen molar-refractivity contribution in [3.8, 4) is 0 Å². The highest BCUT2D eigenvalue weighted by Gasteiger charge is 2.44. The number of esters is 1. The van der Waals surface area contributed by atoms with Crippen LogP contribution >= 0.6 is 0 Å². The number of nitrogens with zero attached hydrogens (tertiary/aromatic N) is 1. The molecule has 1 aromatic heterocycles. The van der Waals surface area contributed by atoms with Crippen molar-refractivity contribution in [2.75, 3.05) is 13.7 Å². The number of carbonyl (C=O) groups is 3. The quantitative estimate of drug-likeness (QED) is 0.244. The number of methoxy groups -OCH3 is 1. The maximum atomic E-state index is 12.6. The van der Waals surface area contributed by atoms with E-state index in [4.69, 9.17) is 4.74 Å². The molecule has 1 unspecified atom stereocenters. The van der Waals surface area contributed by atoms with Crippen LogP contribution in [0.25, 0.3) is 10.9 Å². The molecule has 1 aliphatic rings. The third-order valence-corrected chi connectivity index (χ3v) is 5.55. The summed E-state index contributed by atoms with van der Waals surface area (Å²) in [6.07, 6.45) is -6.20. The zero-order valence-corrected chi connectivity index (χ0v) is 17.7. The number of fused-ring (bicyclic) bond motifs is 1. The molecule has 1 aromatic carbocycles. The Balaban J connectivity index is 1.88. The van der Waals surface area contributed by atoms with Crippen LogP contribution in [0.15, 0.2) is 30.5 Å². The Bertz CT molecular complexity index is 1020. The van der Waals surface area contributed by atoms with Crippen molar-refractivity contribution in [2.45, 2.75) is 49.5 Å². The fourth-order valence-electron chi connectivity index (χ4n) is 3.81. The first kappa shape index (κ1) is 24.6. The highest BCUT2D eigenvalue weighted by molar-refractivity contribution is 5.92. The van der Waals surface area contributed by atoms with Crippen LogP contribution < -0.4 is 5.32 Å². The van der Waals surface area contributed by atoms with Crippen molar-refractivity contribution in [3.63, 3.8) is 0 Å². The molecule has 12 nitrogen and oxygen atoms in total. The summed E-state index contributed by atoms with van der Waals surface area (Å²) in [6.45, 7) is -0.591. The van der Waals surface area contributed by atoms with Gasteiger partial charge in [-0.05, 0) is 11.6 Å². The first-order chi connectivity index (χ1) is 15.7. The summed E-state index contributed by atoms with van der Waals surface area (Å²) in [5.41, 5.74) is 0.997. The van der Waals surface area contributed by atoms with Gasteiger partial charge in [0.05, 0.1) is 32.1 Å². The van der Waals surface area contributed by atoms with Gasteiger partial charge in [-0.2, -0.15) is 0 Å². The Morgan fingerprint density at radius 2 is 1.85 bits per heavy atom. The van der Waals surface area contributed by atoms with E-state index in [9.17, 15) is 39.9 Å². The molecule has 6 atom stereocenters. The molecule has 3 rings (SSSR count). The molecule has 1 saturated heterocycles. The molecule has 180 valence electrons. The number of aromatic nitrogens is 1. The lowest BCUT2D eigenvalue weighted by Crippen LogP contribution is -2.56. The monoisotopic (exact) mass is 466 g/mol. The number of aliphatic hydroxyl groups is 4. The van der Waals surface area contributed by atoms with Gasteiger partial charge in [-0.3, -0.25) is 9.59 Å². The summed E-state index contributed by atoms with van der Waals surface area (Å²) in [5.74, 6) is -2.84. The average molecular weight is 466 g/mol. The van der Waals surface area contributed by atoms with E-state index in [0.29, 0.717) is 16.5 Å². The summed E-state index contributed by atoms with van der Waals surface area (Å²) in [6, 6.07) is 5.36. The van der Waals surface area contributed by atoms with Crippen LogP contribution in [-0.4, -0.2) is 92.1 Å². The van der Waals surface area contributed by atoms with Crippen molar-refractivity contribution < 1.29 is 49.4 Å². The number of nitrogens with one attached hydrogen (secondary N) is 1. The van der Waals surface area contributed by atoms with E-state index >= 15 is 0 Å². The molecule has 0 spiro atoms. The SMILES string of the molecule is COC(=O)CC(NC(=O)Cc1cn([C@@H]2O[C@H](CO)[C@@H](O)[C@H](O)[C@H]2O)c2ccccc12)C(=O)O. The van der Waals surface area contributed by atoms with Crippen molar-refractivity contribution in [2.24, 2.45) is 0 Å². The van der Waals surface area contributed by atoms with Crippen LogP contribution in [0.1, 0.15) is 18.2 Å². The number of hydrogen-bond donors (Lipinski definition) is 6. The fraction of sp³-hybridized carbons (Fsp3) is 0.476. The topological polar surface area (TPSA) is 188 Å². The number of benzene rings is 1. The lowest BCUT2D eigenvalue weighted by molar-refractivity contribution is -0.250. The maximum Gasteiger partial charge on any atom is 0.326 e. The Morgan fingerprint density at radius 3 is 2.48 bits per heavy atom. The van der Waals surface area contributed by atoms with Gasteiger partial charge >= 0.3 is 11.9 Å². The minimum Gasteiger partial charge on any atom is -0.480 e. The number of hydrogen-bond acceptors (Lipinski definition) is 9. The second-order valence-corrected chi connectivity index (χ2v) is 7.71. The number of carboxylic acid groups (broad SMARTS) is 1. The van der Waals surface area contributed by atoms with Crippen LogP contribution in [0, 0.1) is 0 Å². The Kier molecular flexibility index (Phi) is 7.66. The van der Waals surface area contributed by atoms with Gasteiger partial charge in [0.15, 0.2) is 6.23 Å². The molecule has 33 heavy (non-hydrogen) atoms. The van der Waals surface area contributed by atoms with Crippen LogP contribution in [0.3, 0.4) is 0 Å². The first-order valence-corrected chi connectivity index (χ1v) is 10.2. The van der Waals surface area contributed by atoms with Crippen LogP contribution in [-0.2, 0) is 30.3 Å². The molecule has 1 aliphatic heterocycles. The summed E-state index contributed by atoms with van der Waals surface area (Å²) in [7, 11) is 1.11. The second kappa shape index (κ2) is 10.3. The molecule has 1 amide bonds. The molecule has 6 N–H and O–H groups in total. The largest absolute Gasteiger partial charge is 0.480 e. The Morgan fingerprint density at radius 1 is 1.15 bits per heavy atom. The highest BCUT2D eigenvalue weighted by Crippen LogP contribution is 2.33. The van der Waals surface area contributed by atoms with E-state index in [1.807, 2.05) is 0 Å². The minimum atomic E-state index is -1.58. The Hall–Kier alpha value is -3.03. The lowest BCUT2D eigenvalue weighted by atomic mass is 9.98. The number of ether oxygens (including phenoxy) is 2. The van der Waals surface area contributed by atoms with E-state index in [0.717, 1.165) is 7.11 Å². The zero-order chi connectivity index (χ0) is 24.3. The van der Waals surface area contributed by atoms with Gasteiger partial charge in [-0.1, -0.05) is 18.2 Å². The van der Waals surface area contributed by atoms with Crippen molar-refractivity contribution >= 4 is 28.7 Å². The normalized spacial score (nSPS) is 26.0. The highest BCUT2D eigenvalue weighted by atomic mass is 16.6. The van der Waals surface area contributed by atoms with Gasteiger partial charge in [-0.15, -0.1) is 0 Å².